The van der Waals surface area contributed by atoms with E-state index in [1.807, 2.05) is 19.1 Å². The molecule has 0 bridgehead atoms. The molecule has 4 heteroatoms. The number of hydrogen-bond donors (Lipinski definition) is 2. The highest BCUT2D eigenvalue weighted by atomic mass is 16.5. The molecule has 1 fully saturated rings. The summed E-state index contributed by atoms with van der Waals surface area (Å²) < 4.78 is 5.30. The first-order valence-electron chi connectivity index (χ1n) is 6.98. The SMILES string of the molecule is Cc1ccc(C2CCCCC2)cc1OC(=CO)C(=O)O. The normalized spacial score (nSPS) is 16.9. The zero-order valence-corrected chi connectivity index (χ0v) is 11.6. The molecule has 2 rings (SSSR count). The van der Waals surface area contributed by atoms with Gasteiger partial charge >= 0.3 is 5.97 Å². The summed E-state index contributed by atoms with van der Waals surface area (Å²) >= 11 is 0. The monoisotopic (exact) mass is 276 g/mol. The van der Waals surface area contributed by atoms with Crippen molar-refractivity contribution in [2.24, 2.45) is 0 Å². The Bertz CT molecular complexity index is 513. The molecule has 1 aliphatic rings. The highest BCUT2D eigenvalue weighted by Crippen LogP contribution is 2.35. The van der Waals surface area contributed by atoms with E-state index in [9.17, 15) is 4.79 Å². The standard InChI is InChI=1S/C16H20O4/c1-11-7-8-13(12-5-3-2-4-6-12)9-14(11)20-15(10-17)16(18)19/h7-10,12,17H,2-6H2,1H3,(H,18,19). The molecular formula is C16H20O4. The first kappa shape index (κ1) is 14.4. The van der Waals surface area contributed by atoms with E-state index in [4.69, 9.17) is 14.9 Å². The first-order chi connectivity index (χ1) is 9.61. The molecule has 2 N–H and O–H groups in total. The Labute approximate surface area is 118 Å². The fraction of sp³-hybridized carbons (Fsp3) is 0.438. The second-order valence-corrected chi connectivity index (χ2v) is 5.26. The van der Waals surface area contributed by atoms with Crippen molar-refractivity contribution in [3.05, 3.63) is 41.3 Å². The van der Waals surface area contributed by atoms with Gasteiger partial charge in [0.1, 0.15) is 12.0 Å². The van der Waals surface area contributed by atoms with E-state index < -0.39 is 11.7 Å². The minimum Gasteiger partial charge on any atom is -0.511 e. The van der Waals surface area contributed by atoms with Crippen LogP contribution in [0, 0.1) is 6.92 Å². The molecule has 0 heterocycles. The lowest BCUT2D eigenvalue weighted by molar-refractivity contribution is -0.135. The average molecular weight is 276 g/mol. The summed E-state index contributed by atoms with van der Waals surface area (Å²) in [6.45, 7) is 1.86. The number of aliphatic hydroxyl groups is 1. The van der Waals surface area contributed by atoms with E-state index in [-0.39, 0.29) is 0 Å². The summed E-state index contributed by atoms with van der Waals surface area (Å²) in [4.78, 5) is 10.9. The topological polar surface area (TPSA) is 66.8 Å². The summed E-state index contributed by atoms with van der Waals surface area (Å²) in [6.07, 6.45) is 6.60. The van der Waals surface area contributed by atoms with Crippen LogP contribution >= 0.6 is 0 Å². The molecule has 0 saturated heterocycles. The Morgan fingerprint density at radius 1 is 1.30 bits per heavy atom. The summed E-state index contributed by atoms with van der Waals surface area (Å²) in [5, 5.41) is 17.8. The lowest BCUT2D eigenvalue weighted by Crippen LogP contribution is -2.09. The van der Waals surface area contributed by atoms with Crippen LogP contribution in [-0.2, 0) is 4.79 Å². The van der Waals surface area contributed by atoms with Crippen LogP contribution in [0.4, 0.5) is 0 Å². The minimum atomic E-state index is -1.28. The number of hydrogen-bond acceptors (Lipinski definition) is 3. The number of carbonyl (C=O) groups is 1. The van der Waals surface area contributed by atoms with Gasteiger partial charge in [-0.1, -0.05) is 31.4 Å². The van der Waals surface area contributed by atoms with Gasteiger partial charge in [0.05, 0.1) is 0 Å². The fourth-order valence-corrected chi connectivity index (χ4v) is 2.66. The molecule has 0 aromatic heterocycles. The molecule has 4 nitrogen and oxygen atoms in total. The van der Waals surface area contributed by atoms with E-state index >= 15 is 0 Å². The summed E-state index contributed by atoms with van der Waals surface area (Å²) in [6, 6.07) is 5.93. The Hall–Kier alpha value is -1.97. The van der Waals surface area contributed by atoms with Crippen LogP contribution in [0.3, 0.4) is 0 Å². The molecule has 20 heavy (non-hydrogen) atoms. The first-order valence-corrected chi connectivity index (χ1v) is 6.98. The van der Waals surface area contributed by atoms with Crippen molar-refractivity contribution in [3.63, 3.8) is 0 Å². The van der Waals surface area contributed by atoms with Crippen molar-refractivity contribution < 1.29 is 19.7 Å². The third-order valence-corrected chi connectivity index (χ3v) is 3.84. The van der Waals surface area contributed by atoms with Gasteiger partial charge in [0.15, 0.2) is 0 Å². The molecule has 108 valence electrons. The van der Waals surface area contributed by atoms with Crippen molar-refractivity contribution in [2.45, 2.75) is 44.9 Å². The maximum Gasteiger partial charge on any atom is 0.375 e. The van der Waals surface area contributed by atoms with Gasteiger partial charge in [-0.2, -0.15) is 0 Å². The van der Waals surface area contributed by atoms with Crippen LogP contribution in [0.1, 0.15) is 49.1 Å². The van der Waals surface area contributed by atoms with Gasteiger partial charge in [0.25, 0.3) is 0 Å². The van der Waals surface area contributed by atoms with Crippen LogP contribution in [0.5, 0.6) is 5.75 Å². The third kappa shape index (κ3) is 3.32. The molecule has 0 aliphatic heterocycles. The Morgan fingerprint density at radius 3 is 2.60 bits per heavy atom. The smallest absolute Gasteiger partial charge is 0.375 e. The molecule has 1 aliphatic carbocycles. The number of carboxylic acids is 1. The lowest BCUT2D eigenvalue weighted by Gasteiger charge is -2.22. The van der Waals surface area contributed by atoms with Gasteiger partial charge in [-0.25, -0.2) is 4.79 Å². The highest BCUT2D eigenvalue weighted by Gasteiger charge is 2.18. The highest BCUT2D eigenvalue weighted by molar-refractivity contribution is 5.84. The molecular weight excluding hydrogens is 256 g/mol. The number of aliphatic carboxylic acids is 1. The molecule has 1 aromatic carbocycles. The molecule has 1 aromatic rings. The second kappa shape index (κ2) is 6.46. The van der Waals surface area contributed by atoms with Crippen LogP contribution in [-0.4, -0.2) is 16.2 Å². The van der Waals surface area contributed by atoms with Crippen molar-refractivity contribution in [1.82, 2.24) is 0 Å². The number of aryl methyl sites for hydroxylation is 1. The fourth-order valence-electron chi connectivity index (χ4n) is 2.66. The molecule has 0 unspecified atom stereocenters. The number of aliphatic hydroxyl groups excluding tert-OH is 1. The van der Waals surface area contributed by atoms with E-state index in [0.717, 1.165) is 5.56 Å². The van der Waals surface area contributed by atoms with Crippen LogP contribution in [0.2, 0.25) is 0 Å². The Balaban J connectivity index is 2.22. The second-order valence-electron chi connectivity index (χ2n) is 5.26. The number of rotatable bonds is 4. The van der Waals surface area contributed by atoms with Crippen molar-refractivity contribution in [3.8, 4) is 5.75 Å². The number of benzene rings is 1. The van der Waals surface area contributed by atoms with Crippen LogP contribution in [0.15, 0.2) is 30.2 Å². The summed E-state index contributed by atoms with van der Waals surface area (Å²) in [5.41, 5.74) is 2.04. The van der Waals surface area contributed by atoms with Gasteiger partial charge in [0.2, 0.25) is 5.76 Å². The maximum atomic E-state index is 10.9. The van der Waals surface area contributed by atoms with Crippen molar-refractivity contribution in [1.29, 1.82) is 0 Å². The third-order valence-electron chi connectivity index (χ3n) is 3.84. The van der Waals surface area contributed by atoms with Gasteiger partial charge in [0, 0.05) is 0 Å². The predicted octanol–water partition coefficient (Wildman–Crippen LogP) is 3.91. The van der Waals surface area contributed by atoms with Gasteiger partial charge < -0.3 is 14.9 Å². The van der Waals surface area contributed by atoms with Gasteiger partial charge in [-0.05, 0) is 42.9 Å². The molecule has 1 saturated carbocycles. The average Bonchev–Trinajstić information content (AvgIpc) is 2.47. The van der Waals surface area contributed by atoms with Gasteiger partial charge in [-0.15, -0.1) is 0 Å². The van der Waals surface area contributed by atoms with Crippen LogP contribution < -0.4 is 4.74 Å². The Kier molecular flexibility index (Phi) is 4.66. The van der Waals surface area contributed by atoms with Crippen molar-refractivity contribution >= 4 is 5.97 Å². The number of ether oxygens (including phenoxy) is 1. The number of carboxylic acid groups (broad SMARTS) is 1. The molecule has 0 atom stereocenters. The maximum absolute atomic E-state index is 10.9. The van der Waals surface area contributed by atoms with Crippen LogP contribution in [0.25, 0.3) is 0 Å². The zero-order valence-electron chi connectivity index (χ0n) is 11.6. The largest absolute Gasteiger partial charge is 0.511 e. The summed E-state index contributed by atoms with van der Waals surface area (Å²) in [5.74, 6) is -0.724. The van der Waals surface area contributed by atoms with E-state index in [1.54, 1.807) is 0 Å². The molecule has 0 spiro atoms. The summed E-state index contributed by atoms with van der Waals surface area (Å²) in [7, 11) is 0. The van der Waals surface area contributed by atoms with E-state index in [0.29, 0.717) is 17.9 Å². The lowest BCUT2D eigenvalue weighted by atomic mass is 9.84. The van der Waals surface area contributed by atoms with Gasteiger partial charge in [-0.3, -0.25) is 0 Å². The quantitative estimate of drug-likeness (QED) is 0.646. The predicted molar refractivity (Wildman–Crippen MR) is 76.0 cm³/mol. The van der Waals surface area contributed by atoms with Crippen molar-refractivity contribution in [2.75, 3.05) is 0 Å². The molecule has 0 radical (unpaired) electrons. The van der Waals surface area contributed by atoms with E-state index in [1.165, 1.54) is 37.7 Å². The zero-order chi connectivity index (χ0) is 14.5. The molecule has 0 amide bonds. The minimum absolute atomic E-state index is 0.464. The Morgan fingerprint density at radius 2 is 2.00 bits per heavy atom. The van der Waals surface area contributed by atoms with E-state index in [2.05, 4.69) is 6.07 Å².